The summed E-state index contributed by atoms with van der Waals surface area (Å²) in [4.78, 5) is 28.2. The van der Waals surface area contributed by atoms with Gasteiger partial charge in [0.1, 0.15) is 5.01 Å². The lowest BCUT2D eigenvalue weighted by atomic mass is 10.1. The highest BCUT2D eigenvalue weighted by Crippen LogP contribution is 2.26. The normalized spacial score (nSPS) is 10.4. The van der Waals surface area contributed by atoms with Crippen LogP contribution < -0.4 is 5.32 Å². The lowest BCUT2D eigenvalue weighted by molar-refractivity contribution is -0.124. The number of nitrogens with one attached hydrogen (secondary N) is 1. The predicted molar refractivity (Wildman–Crippen MR) is 106 cm³/mol. The first-order chi connectivity index (χ1) is 13.0. The number of halogens is 1. The second-order valence-electron chi connectivity index (χ2n) is 5.89. The zero-order valence-electron chi connectivity index (χ0n) is 14.6. The van der Waals surface area contributed by atoms with E-state index in [1.54, 1.807) is 17.5 Å². The van der Waals surface area contributed by atoms with E-state index < -0.39 is 5.97 Å². The molecular weight excluding hydrogens is 384 g/mol. The Labute approximate surface area is 166 Å². The van der Waals surface area contributed by atoms with Gasteiger partial charge in [-0.25, -0.2) is 9.78 Å². The Morgan fingerprint density at radius 1 is 1.19 bits per heavy atom. The van der Waals surface area contributed by atoms with Crippen LogP contribution in [0.15, 0.2) is 53.9 Å². The van der Waals surface area contributed by atoms with Crippen molar-refractivity contribution in [3.05, 3.63) is 75.8 Å². The van der Waals surface area contributed by atoms with E-state index in [9.17, 15) is 9.59 Å². The summed E-state index contributed by atoms with van der Waals surface area (Å²) in [7, 11) is 0. The number of carbonyl (C=O) groups excluding carboxylic acids is 2. The second-order valence-corrected chi connectivity index (χ2v) is 7.18. The third kappa shape index (κ3) is 5.39. The molecule has 0 aliphatic heterocycles. The molecule has 0 saturated carbocycles. The number of carbonyl (C=O) groups is 2. The highest BCUT2D eigenvalue weighted by Gasteiger charge is 2.15. The quantitative estimate of drug-likeness (QED) is 0.628. The molecule has 1 heterocycles. The standard InChI is InChI=1S/C20H17ClN2O3S/c1-13-5-7-14(8-6-13)10-22-18(24)11-26-20(25)17-12-27-19(23-17)15-3-2-4-16(21)9-15/h2-9,12H,10-11H2,1H3,(H,22,24). The van der Waals surface area contributed by atoms with Gasteiger partial charge in [-0.05, 0) is 24.6 Å². The minimum absolute atomic E-state index is 0.168. The maximum Gasteiger partial charge on any atom is 0.358 e. The van der Waals surface area contributed by atoms with E-state index in [4.69, 9.17) is 16.3 Å². The molecule has 5 nitrogen and oxygen atoms in total. The molecular formula is C20H17ClN2O3S. The average Bonchev–Trinajstić information content (AvgIpc) is 3.16. The number of thiazole rings is 1. The SMILES string of the molecule is Cc1ccc(CNC(=O)COC(=O)c2csc(-c3cccc(Cl)c3)n2)cc1. The third-order valence-electron chi connectivity index (χ3n) is 3.73. The van der Waals surface area contributed by atoms with Crippen LogP contribution in [0.4, 0.5) is 0 Å². The average molecular weight is 401 g/mol. The van der Waals surface area contributed by atoms with E-state index in [1.807, 2.05) is 43.3 Å². The van der Waals surface area contributed by atoms with E-state index in [2.05, 4.69) is 10.3 Å². The van der Waals surface area contributed by atoms with Crippen LogP contribution in [0.2, 0.25) is 5.02 Å². The number of aromatic nitrogens is 1. The van der Waals surface area contributed by atoms with Crippen LogP contribution in [-0.2, 0) is 16.1 Å². The van der Waals surface area contributed by atoms with Gasteiger partial charge in [-0.2, -0.15) is 0 Å². The van der Waals surface area contributed by atoms with Crippen molar-refractivity contribution in [2.75, 3.05) is 6.61 Å². The van der Waals surface area contributed by atoms with Crippen LogP contribution >= 0.6 is 22.9 Å². The van der Waals surface area contributed by atoms with Gasteiger partial charge in [0, 0.05) is 22.5 Å². The van der Waals surface area contributed by atoms with E-state index in [0.29, 0.717) is 16.6 Å². The summed E-state index contributed by atoms with van der Waals surface area (Å²) in [5, 5.41) is 5.57. The second kappa shape index (κ2) is 8.79. The van der Waals surface area contributed by atoms with Gasteiger partial charge in [0.25, 0.3) is 5.91 Å². The molecule has 7 heteroatoms. The number of amides is 1. The number of rotatable bonds is 6. The van der Waals surface area contributed by atoms with Crippen molar-refractivity contribution < 1.29 is 14.3 Å². The van der Waals surface area contributed by atoms with Gasteiger partial charge >= 0.3 is 5.97 Å². The first kappa shape index (κ1) is 19.1. The van der Waals surface area contributed by atoms with E-state index >= 15 is 0 Å². The summed E-state index contributed by atoms with van der Waals surface area (Å²) in [6.07, 6.45) is 0. The topological polar surface area (TPSA) is 68.3 Å². The number of nitrogens with zero attached hydrogens (tertiary/aromatic N) is 1. The summed E-state index contributed by atoms with van der Waals surface area (Å²) in [6, 6.07) is 15.0. The Kier molecular flexibility index (Phi) is 6.21. The fourth-order valence-corrected chi connectivity index (χ4v) is 3.26. The lowest BCUT2D eigenvalue weighted by Gasteiger charge is -2.06. The summed E-state index contributed by atoms with van der Waals surface area (Å²) in [6.45, 7) is 2.03. The van der Waals surface area contributed by atoms with Gasteiger partial charge in [0.05, 0.1) is 0 Å². The van der Waals surface area contributed by atoms with Crippen LogP contribution in [0.25, 0.3) is 10.6 Å². The van der Waals surface area contributed by atoms with E-state index in [-0.39, 0.29) is 18.2 Å². The Balaban J connectivity index is 1.50. The number of benzene rings is 2. The van der Waals surface area contributed by atoms with Crippen molar-refractivity contribution in [1.29, 1.82) is 0 Å². The van der Waals surface area contributed by atoms with Gasteiger partial charge in [-0.3, -0.25) is 4.79 Å². The first-order valence-corrected chi connectivity index (χ1v) is 9.48. The van der Waals surface area contributed by atoms with Crippen molar-refractivity contribution in [1.82, 2.24) is 10.3 Å². The molecule has 0 saturated heterocycles. The maximum absolute atomic E-state index is 12.1. The molecule has 1 amide bonds. The Morgan fingerprint density at radius 2 is 1.96 bits per heavy atom. The van der Waals surface area contributed by atoms with Crippen LogP contribution in [0, 0.1) is 6.92 Å². The van der Waals surface area contributed by atoms with Gasteiger partial charge in [0.15, 0.2) is 12.3 Å². The minimum atomic E-state index is -0.634. The largest absolute Gasteiger partial charge is 0.451 e. The molecule has 2 aromatic carbocycles. The molecule has 0 bridgehead atoms. The minimum Gasteiger partial charge on any atom is -0.451 e. The van der Waals surface area contributed by atoms with Crippen molar-refractivity contribution in [3.8, 4) is 10.6 Å². The summed E-state index contributed by atoms with van der Waals surface area (Å²) < 4.78 is 5.04. The molecule has 3 rings (SSSR count). The van der Waals surface area contributed by atoms with Gasteiger partial charge in [-0.15, -0.1) is 11.3 Å². The van der Waals surface area contributed by atoms with Crippen molar-refractivity contribution in [2.24, 2.45) is 0 Å². The first-order valence-electron chi connectivity index (χ1n) is 8.22. The Morgan fingerprint density at radius 3 is 2.70 bits per heavy atom. The van der Waals surface area contributed by atoms with E-state index in [0.717, 1.165) is 16.7 Å². The molecule has 0 aliphatic rings. The van der Waals surface area contributed by atoms with Crippen LogP contribution in [-0.4, -0.2) is 23.5 Å². The highest BCUT2D eigenvalue weighted by atomic mass is 35.5. The molecule has 1 N–H and O–H groups in total. The highest BCUT2D eigenvalue weighted by molar-refractivity contribution is 7.13. The van der Waals surface area contributed by atoms with Crippen molar-refractivity contribution in [3.63, 3.8) is 0 Å². The molecule has 0 spiro atoms. The van der Waals surface area contributed by atoms with Crippen LogP contribution in [0.3, 0.4) is 0 Å². The fourth-order valence-electron chi connectivity index (χ4n) is 2.28. The molecule has 1 aromatic heterocycles. The Bertz CT molecular complexity index is 954. The van der Waals surface area contributed by atoms with Gasteiger partial charge < -0.3 is 10.1 Å². The van der Waals surface area contributed by atoms with Crippen LogP contribution in [0.5, 0.6) is 0 Å². The third-order valence-corrected chi connectivity index (χ3v) is 4.86. The number of hydrogen-bond acceptors (Lipinski definition) is 5. The summed E-state index contributed by atoms with van der Waals surface area (Å²) in [5.74, 6) is -1.00. The predicted octanol–water partition coefficient (Wildman–Crippen LogP) is 4.25. The smallest absolute Gasteiger partial charge is 0.358 e. The molecule has 0 radical (unpaired) electrons. The number of aryl methyl sites for hydroxylation is 1. The fraction of sp³-hybridized carbons (Fsp3) is 0.150. The summed E-state index contributed by atoms with van der Waals surface area (Å²) >= 11 is 7.28. The molecule has 27 heavy (non-hydrogen) atoms. The molecule has 0 aliphatic carbocycles. The molecule has 0 atom stereocenters. The number of hydrogen-bond donors (Lipinski definition) is 1. The lowest BCUT2D eigenvalue weighted by Crippen LogP contribution is -2.28. The van der Waals surface area contributed by atoms with Crippen molar-refractivity contribution in [2.45, 2.75) is 13.5 Å². The maximum atomic E-state index is 12.1. The molecule has 3 aromatic rings. The molecule has 0 unspecified atom stereocenters. The number of ether oxygens (including phenoxy) is 1. The van der Waals surface area contributed by atoms with E-state index in [1.165, 1.54) is 11.3 Å². The summed E-state index contributed by atoms with van der Waals surface area (Å²) in [5.41, 5.74) is 3.12. The van der Waals surface area contributed by atoms with Crippen LogP contribution in [0.1, 0.15) is 21.6 Å². The molecule has 0 fully saturated rings. The zero-order valence-corrected chi connectivity index (χ0v) is 16.1. The van der Waals surface area contributed by atoms with Gasteiger partial charge in [0.2, 0.25) is 0 Å². The number of esters is 1. The monoisotopic (exact) mass is 400 g/mol. The molecule has 138 valence electrons. The van der Waals surface area contributed by atoms with Gasteiger partial charge in [-0.1, -0.05) is 53.6 Å². The Hall–Kier alpha value is -2.70. The van der Waals surface area contributed by atoms with Crippen molar-refractivity contribution >= 4 is 34.8 Å². The zero-order chi connectivity index (χ0) is 19.2.